The van der Waals surface area contributed by atoms with E-state index in [2.05, 4.69) is 168 Å². The van der Waals surface area contributed by atoms with Gasteiger partial charge in [0.05, 0.1) is 34.2 Å². The fourth-order valence-electron chi connectivity index (χ4n) is 10.4. The van der Waals surface area contributed by atoms with Crippen molar-refractivity contribution in [2.75, 3.05) is 0 Å². The molecule has 0 saturated heterocycles. The zero-order valence-corrected chi connectivity index (χ0v) is 53.9. The summed E-state index contributed by atoms with van der Waals surface area (Å²) in [4.78, 5) is 41.0. The quantitative estimate of drug-likeness (QED) is 0.132. The van der Waals surface area contributed by atoms with Gasteiger partial charge in [-0.2, -0.15) is 0 Å². The first-order chi connectivity index (χ1) is 46.6. The third-order valence-electron chi connectivity index (χ3n) is 15.0. The number of hydrogen-bond acceptors (Lipinski definition) is 9. The predicted molar refractivity (Wildman–Crippen MR) is 390 cm³/mol. The number of rotatable bonds is 10. The first kappa shape index (κ1) is 64.2. The van der Waals surface area contributed by atoms with Gasteiger partial charge in [-0.15, -0.1) is 0 Å². The first-order valence-corrected chi connectivity index (χ1v) is 31.6. The highest BCUT2D eigenvalue weighted by Crippen LogP contribution is 2.29. The monoisotopic (exact) mass is 1230 g/mol. The lowest BCUT2D eigenvalue weighted by Gasteiger charge is -2.07. The lowest BCUT2D eigenvalue weighted by molar-refractivity contribution is 0.992. The smallest absolute Gasteiger partial charge is 0.163 e. The Morgan fingerprint density at radius 2 is 0.411 bits per heavy atom. The Bertz CT molecular complexity index is 3810. The molecule has 0 aliphatic rings. The third-order valence-corrected chi connectivity index (χ3v) is 15.0. The maximum atomic E-state index is 4.77. The molecule has 15 rings (SSSR count). The van der Waals surface area contributed by atoms with E-state index in [0.717, 1.165) is 113 Å². The van der Waals surface area contributed by atoms with Crippen molar-refractivity contribution in [3.05, 3.63) is 368 Å². The fraction of sp³-hybridized carbons (Fsp3) is 0.0581. The number of hydrogen-bond donors (Lipinski definition) is 0. The maximum absolute atomic E-state index is 4.77. The zero-order valence-electron chi connectivity index (χ0n) is 53.9. The van der Waals surface area contributed by atoms with E-state index in [4.69, 9.17) is 4.98 Å². The second kappa shape index (κ2) is 32.6. The van der Waals surface area contributed by atoms with E-state index in [1.807, 2.05) is 246 Å². The van der Waals surface area contributed by atoms with E-state index in [-0.39, 0.29) is 0 Å². The van der Waals surface area contributed by atoms with Crippen LogP contribution in [-0.2, 0) is 0 Å². The van der Waals surface area contributed by atoms with E-state index in [1.54, 1.807) is 0 Å². The molecule has 15 aromatic rings. The molecule has 5 heterocycles. The lowest BCUT2D eigenvalue weighted by atomic mass is 10.0. The van der Waals surface area contributed by atoms with Crippen LogP contribution in [0, 0.1) is 34.6 Å². The fourth-order valence-corrected chi connectivity index (χ4v) is 10.4. The van der Waals surface area contributed by atoms with Crippen molar-refractivity contribution in [3.63, 3.8) is 0 Å². The van der Waals surface area contributed by atoms with Crippen molar-refractivity contribution in [1.82, 2.24) is 44.9 Å². The molecule has 0 unspecified atom stereocenters. The van der Waals surface area contributed by atoms with Crippen LogP contribution >= 0.6 is 0 Å². The molecular formula is C86H71N9. The summed E-state index contributed by atoms with van der Waals surface area (Å²) in [6.45, 7) is 9.97. The molecule has 95 heavy (non-hydrogen) atoms. The van der Waals surface area contributed by atoms with Crippen LogP contribution in [0.5, 0.6) is 0 Å². The van der Waals surface area contributed by atoms with Crippen LogP contribution in [0.4, 0.5) is 0 Å². The van der Waals surface area contributed by atoms with Gasteiger partial charge in [-0.3, -0.25) is 4.98 Å². The van der Waals surface area contributed by atoms with Crippen LogP contribution in [0.15, 0.2) is 340 Å². The van der Waals surface area contributed by atoms with Gasteiger partial charge in [0.15, 0.2) is 17.5 Å². The van der Waals surface area contributed by atoms with Crippen molar-refractivity contribution in [2.24, 2.45) is 0 Å². The number of aryl methyl sites for hydroxylation is 5. The Balaban J connectivity index is 0.000000121. The molecule has 5 aromatic heterocycles. The van der Waals surface area contributed by atoms with Crippen molar-refractivity contribution in [3.8, 4) is 113 Å². The van der Waals surface area contributed by atoms with Gasteiger partial charge in [0.1, 0.15) is 11.6 Å². The molecule has 0 aliphatic heterocycles. The molecule has 0 bridgehead atoms. The summed E-state index contributed by atoms with van der Waals surface area (Å²) >= 11 is 0. The largest absolute Gasteiger partial charge is 0.253 e. The Morgan fingerprint density at radius 3 is 0.747 bits per heavy atom. The van der Waals surface area contributed by atoms with Gasteiger partial charge in [0, 0.05) is 61.5 Å². The minimum atomic E-state index is 0.715. The number of pyridine rings is 2. The summed E-state index contributed by atoms with van der Waals surface area (Å²) in [7, 11) is 0. The predicted octanol–water partition coefficient (Wildman–Crippen LogP) is 21.2. The number of benzene rings is 10. The second-order valence-corrected chi connectivity index (χ2v) is 22.4. The van der Waals surface area contributed by atoms with Gasteiger partial charge in [-0.1, -0.05) is 303 Å². The van der Waals surface area contributed by atoms with Gasteiger partial charge < -0.3 is 0 Å². The van der Waals surface area contributed by atoms with Crippen LogP contribution in [0.25, 0.3) is 113 Å². The highest BCUT2D eigenvalue weighted by atomic mass is 15.0. The molecule has 0 saturated carbocycles. The van der Waals surface area contributed by atoms with E-state index >= 15 is 0 Å². The van der Waals surface area contributed by atoms with Crippen LogP contribution in [0.2, 0.25) is 0 Å². The van der Waals surface area contributed by atoms with Gasteiger partial charge in [0.25, 0.3) is 0 Å². The van der Waals surface area contributed by atoms with Crippen LogP contribution in [0.1, 0.15) is 28.6 Å². The molecule has 0 fully saturated rings. The molecule has 9 nitrogen and oxygen atoms in total. The summed E-state index contributed by atoms with van der Waals surface area (Å²) < 4.78 is 0. The molecular weight excluding hydrogens is 1160 g/mol. The lowest BCUT2D eigenvalue weighted by Crippen LogP contribution is -1.99. The molecule has 460 valence electrons. The van der Waals surface area contributed by atoms with E-state index < -0.39 is 0 Å². The normalized spacial score (nSPS) is 10.4. The average Bonchev–Trinajstić information content (AvgIpc) is 1.37. The van der Waals surface area contributed by atoms with Gasteiger partial charge in [-0.25, -0.2) is 39.9 Å². The van der Waals surface area contributed by atoms with Crippen LogP contribution in [0.3, 0.4) is 0 Å². The Hall–Kier alpha value is -12.3. The zero-order chi connectivity index (χ0) is 65.4. The molecule has 0 aliphatic carbocycles. The summed E-state index contributed by atoms with van der Waals surface area (Å²) in [6, 6.07) is 114. The molecule has 0 N–H and O–H groups in total. The maximum Gasteiger partial charge on any atom is 0.163 e. The van der Waals surface area contributed by atoms with Gasteiger partial charge >= 0.3 is 0 Å². The first-order valence-electron chi connectivity index (χ1n) is 31.6. The third kappa shape index (κ3) is 18.4. The molecule has 0 atom stereocenters. The molecule has 9 heteroatoms. The summed E-state index contributed by atoms with van der Waals surface area (Å²) in [5.74, 6) is 3.73. The van der Waals surface area contributed by atoms with E-state index in [1.165, 1.54) is 16.7 Å². The van der Waals surface area contributed by atoms with E-state index in [0.29, 0.717) is 11.6 Å². The highest BCUT2D eigenvalue weighted by Gasteiger charge is 2.11. The Morgan fingerprint density at radius 1 is 0.158 bits per heavy atom. The van der Waals surface area contributed by atoms with Gasteiger partial charge in [-0.05, 0) is 87.7 Å². The molecule has 0 amide bonds. The van der Waals surface area contributed by atoms with Crippen molar-refractivity contribution in [1.29, 1.82) is 0 Å². The number of aromatic nitrogens is 9. The van der Waals surface area contributed by atoms with Gasteiger partial charge in [0.2, 0.25) is 0 Å². The minimum absolute atomic E-state index is 0.715. The number of nitrogens with zero attached hydrogens (tertiary/aromatic N) is 9. The van der Waals surface area contributed by atoms with Crippen molar-refractivity contribution in [2.45, 2.75) is 34.6 Å². The second-order valence-electron chi connectivity index (χ2n) is 22.4. The van der Waals surface area contributed by atoms with E-state index in [9.17, 15) is 0 Å². The standard InChI is InChI=1S/2C18H15N.2C17H14N2.C16H13N3/c1-14-12-17(15-8-4-2-5-9-15)13-18(19-14)16-10-6-3-7-11-16;1-14-12-17(15-8-4-2-5-9-15)19-18(13-14)16-10-6-3-7-11-16;1-13-18-16(14-8-4-2-5-9-14)12-17(19-13)15-10-6-3-7-11-15;1-13-12-16(14-8-4-2-5-9-14)19-17(18-13)15-10-6-3-7-11-15;1-12-17-15(13-8-4-2-5-9-13)19-16(18-12)14-10-6-3-7-11-14/h2*2-13H,1H3;2*2-12H,1H3;2-11H,1H3. The molecule has 10 aromatic carbocycles. The topological polar surface area (TPSA) is 116 Å². The molecule has 0 radical (unpaired) electrons. The summed E-state index contributed by atoms with van der Waals surface area (Å²) in [6.07, 6.45) is 0. The Kier molecular flexibility index (Phi) is 22.0. The van der Waals surface area contributed by atoms with Crippen LogP contribution < -0.4 is 0 Å². The minimum Gasteiger partial charge on any atom is -0.253 e. The van der Waals surface area contributed by atoms with Crippen molar-refractivity contribution >= 4 is 0 Å². The summed E-state index contributed by atoms with van der Waals surface area (Å²) in [5, 5.41) is 0. The highest BCUT2D eigenvalue weighted by molar-refractivity contribution is 5.72. The molecule has 0 spiro atoms. The SMILES string of the molecule is Cc1cc(-c2ccccc2)cc(-c2ccccc2)n1.Cc1cc(-c2ccccc2)nc(-c2ccccc2)c1.Cc1cc(-c2ccccc2)nc(-c2ccccc2)n1.Cc1nc(-c2ccccc2)cc(-c2ccccc2)n1.Cc1nc(-c2ccccc2)nc(-c2ccccc2)n1. The average molecular weight is 1230 g/mol. The van der Waals surface area contributed by atoms with Crippen LogP contribution in [-0.4, -0.2) is 44.9 Å². The Labute approximate surface area is 557 Å². The van der Waals surface area contributed by atoms with Crippen molar-refractivity contribution < 1.29 is 0 Å². The summed E-state index contributed by atoms with van der Waals surface area (Å²) in [5.41, 5.74) is 21.5.